The van der Waals surface area contributed by atoms with Crippen molar-refractivity contribution < 1.29 is 14.3 Å². The number of para-hydroxylation sites is 1. The van der Waals surface area contributed by atoms with Crippen LogP contribution in [0, 0.1) is 0 Å². The predicted octanol–water partition coefficient (Wildman–Crippen LogP) is 2.41. The zero-order valence-corrected chi connectivity index (χ0v) is 14.9. The molecular formula is C18H27N3O3. The largest absolute Gasteiger partial charge is 0.487 e. The first kappa shape index (κ1) is 18.1. The van der Waals surface area contributed by atoms with E-state index in [1.165, 1.54) is 7.11 Å². The van der Waals surface area contributed by atoms with Gasteiger partial charge in [-0.05, 0) is 26.8 Å². The van der Waals surface area contributed by atoms with Gasteiger partial charge < -0.3 is 20.1 Å². The van der Waals surface area contributed by atoms with Crippen LogP contribution in [0.25, 0.3) is 0 Å². The fourth-order valence-electron chi connectivity index (χ4n) is 2.78. The summed E-state index contributed by atoms with van der Waals surface area (Å²) in [6.07, 6.45) is 1.09. The van der Waals surface area contributed by atoms with Gasteiger partial charge in [-0.25, -0.2) is 0 Å². The van der Waals surface area contributed by atoms with Gasteiger partial charge in [-0.2, -0.15) is 0 Å². The minimum atomic E-state index is -0.257. The van der Waals surface area contributed by atoms with Crippen molar-refractivity contribution in [1.29, 1.82) is 0 Å². The normalized spacial score (nSPS) is 19.0. The highest BCUT2D eigenvalue weighted by Gasteiger charge is 2.33. The highest BCUT2D eigenvalue weighted by Crippen LogP contribution is 2.39. The van der Waals surface area contributed by atoms with Gasteiger partial charge in [-0.3, -0.25) is 9.79 Å². The fraction of sp³-hybridized carbons (Fsp3) is 0.556. The molecule has 1 aliphatic rings. The van der Waals surface area contributed by atoms with E-state index in [1.54, 1.807) is 0 Å². The summed E-state index contributed by atoms with van der Waals surface area (Å²) in [6, 6.07) is 8.15. The molecule has 6 nitrogen and oxygen atoms in total. The molecule has 0 aliphatic carbocycles. The first-order valence-corrected chi connectivity index (χ1v) is 8.35. The maximum atomic E-state index is 11.2. The molecule has 132 valence electrons. The summed E-state index contributed by atoms with van der Waals surface area (Å²) < 4.78 is 10.7. The molecule has 0 aromatic heterocycles. The van der Waals surface area contributed by atoms with Crippen molar-refractivity contribution >= 4 is 11.9 Å². The quantitative estimate of drug-likeness (QED) is 0.492. The Balaban J connectivity index is 2.13. The molecule has 0 spiro atoms. The van der Waals surface area contributed by atoms with Crippen LogP contribution in [0.4, 0.5) is 0 Å². The SMILES string of the molecule is CCNC(=NCCC(=O)OC)NC1CC(C)(C)Oc2ccccc21. The Morgan fingerprint density at radius 2 is 2.17 bits per heavy atom. The number of methoxy groups -OCH3 is 1. The third-order valence-electron chi connectivity index (χ3n) is 3.85. The van der Waals surface area contributed by atoms with Crippen LogP contribution in [0.2, 0.25) is 0 Å². The van der Waals surface area contributed by atoms with Gasteiger partial charge in [0.15, 0.2) is 5.96 Å². The lowest BCUT2D eigenvalue weighted by Gasteiger charge is -2.38. The Hall–Kier alpha value is -2.24. The Morgan fingerprint density at radius 3 is 2.88 bits per heavy atom. The first-order chi connectivity index (χ1) is 11.4. The van der Waals surface area contributed by atoms with E-state index >= 15 is 0 Å². The van der Waals surface area contributed by atoms with Gasteiger partial charge in [0.25, 0.3) is 0 Å². The predicted molar refractivity (Wildman–Crippen MR) is 94.3 cm³/mol. The zero-order chi connectivity index (χ0) is 17.6. The molecule has 0 fully saturated rings. The van der Waals surface area contributed by atoms with E-state index in [0.717, 1.165) is 24.3 Å². The van der Waals surface area contributed by atoms with E-state index in [2.05, 4.69) is 40.3 Å². The second kappa shape index (κ2) is 8.04. The lowest BCUT2D eigenvalue weighted by molar-refractivity contribution is -0.140. The summed E-state index contributed by atoms with van der Waals surface area (Å²) in [5.41, 5.74) is 0.866. The summed E-state index contributed by atoms with van der Waals surface area (Å²) in [5, 5.41) is 6.69. The topological polar surface area (TPSA) is 72.0 Å². The second-order valence-electron chi connectivity index (χ2n) is 6.39. The number of carbonyl (C=O) groups excluding carboxylic acids is 1. The molecule has 1 aliphatic heterocycles. The molecular weight excluding hydrogens is 306 g/mol. The molecule has 6 heteroatoms. The molecule has 2 N–H and O–H groups in total. The summed E-state index contributed by atoms with van der Waals surface area (Å²) in [6.45, 7) is 7.31. The molecule has 1 heterocycles. The number of hydrogen-bond donors (Lipinski definition) is 2. The fourth-order valence-corrected chi connectivity index (χ4v) is 2.78. The number of hydrogen-bond acceptors (Lipinski definition) is 4. The first-order valence-electron chi connectivity index (χ1n) is 8.35. The number of rotatable bonds is 5. The molecule has 0 radical (unpaired) electrons. The number of carbonyl (C=O) groups is 1. The molecule has 2 rings (SSSR count). The van der Waals surface area contributed by atoms with Crippen molar-refractivity contribution in [3.05, 3.63) is 29.8 Å². The molecule has 0 amide bonds. The third kappa shape index (κ3) is 4.88. The van der Waals surface area contributed by atoms with Crippen LogP contribution in [0.5, 0.6) is 5.75 Å². The number of nitrogens with one attached hydrogen (secondary N) is 2. The summed E-state index contributed by atoms with van der Waals surface area (Å²) in [7, 11) is 1.39. The van der Waals surface area contributed by atoms with Gasteiger partial charge in [-0.1, -0.05) is 18.2 Å². The standard InChI is InChI=1S/C18H27N3O3/c1-5-19-17(20-11-10-16(22)23-4)21-14-12-18(2,3)24-15-9-7-6-8-13(14)15/h6-9,14H,5,10-12H2,1-4H3,(H2,19,20,21). The Bertz CT molecular complexity index is 599. The van der Waals surface area contributed by atoms with E-state index < -0.39 is 0 Å². The van der Waals surface area contributed by atoms with E-state index in [9.17, 15) is 4.79 Å². The van der Waals surface area contributed by atoms with Gasteiger partial charge in [0.1, 0.15) is 11.4 Å². The maximum absolute atomic E-state index is 11.2. The van der Waals surface area contributed by atoms with E-state index in [-0.39, 0.29) is 24.0 Å². The van der Waals surface area contributed by atoms with Crippen LogP contribution >= 0.6 is 0 Å². The van der Waals surface area contributed by atoms with Gasteiger partial charge in [0.05, 0.1) is 26.1 Å². The highest BCUT2D eigenvalue weighted by atomic mass is 16.5. The number of benzene rings is 1. The van der Waals surface area contributed by atoms with Crippen LogP contribution < -0.4 is 15.4 Å². The smallest absolute Gasteiger partial charge is 0.307 e. The molecule has 0 saturated carbocycles. The summed E-state index contributed by atoms with van der Waals surface area (Å²) in [5.74, 6) is 1.34. The monoisotopic (exact) mass is 333 g/mol. The summed E-state index contributed by atoms with van der Waals surface area (Å²) in [4.78, 5) is 15.7. The van der Waals surface area contributed by atoms with Crippen LogP contribution in [0.1, 0.15) is 45.2 Å². The number of fused-ring (bicyclic) bond motifs is 1. The van der Waals surface area contributed by atoms with Crippen LogP contribution in [0.15, 0.2) is 29.3 Å². The van der Waals surface area contributed by atoms with Gasteiger partial charge >= 0.3 is 5.97 Å². The Morgan fingerprint density at radius 1 is 1.42 bits per heavy atom. The molecule has 1 aromatic carbocycles. The van der Waals surface area contributed by atoms with Gasteiger partial charge in [0.2, 0.25) is 0 Å². The lowest BCUT2D eigenvalue weighted by Crippen LogP contribution is -2.45. The molecule has 1 unspecified atom stereocenters. The number of aliphatic imine (C=N–C) groups is 1. The van der Waals surface area contributed by atoms with Crippen molar-refractivity contribution in [2.45, 2.75) is 45.3 Å². The highest BCUT2D eigenvalue weighted by molar-refractivity contribution is 5.80. The van der Waals surface area contributed by atoms with Crippen LogP contribution in [-0.2, 0) is 9.53 Å². The van der Waals surface area contributed by atoms with Crippen molar-refractivity contribution in [3.63, 3.8) is 0 Å². The minimum Gasteiger partial charge on any atom is -0.487 e. The maximum Gasteiger partial charge on any atom is 0.307 e. The Kier molecular flexibility index (Phi) is 6.06. The van der Waals surface area contributed by atoms with E-state index in [1.807, 2.05) is 25.1 Å². The summed E-state index contributed by atoms with van der Waals surface area (Å²) >= 11 is 0. The number of nitrogens with zero attached hydrogens (tertiary/aromatic N) is 1. The number of ether oxygens (including phenoxy) is 2. The zero-order valence-electron chi connectivity index (χ0n) is 14.9. The molecule has 1 atom stereocenters. The van der Waals surface area contributed by atoms with Crippen molar-refractivity contribution in [2.24, 2.45) is 4.99 Å². The van der Waals surface area contributed by atoms with Crippen LogP contribution in [-0.4, -0.2) is 37.7 Å². The average Bonchev–Trinajstić information content (AvgIpc) is 2.53. The third-order valence-corrected chi connectivity index (χ3v) is 3.85. The van der Waals surface area contributed by atoms with Crippen molar-refractivity contribution in [2.75, 3.05) is 20.2 Å². The number of esters is 1. The Labute approximate surface area is 143 Å². The number of guanidine groups is 1. The van der Waals surface area contributed by atoms with Crippen LogP contribution in [0.3, 0.4) is 0 Å². The van der Waals surface area contributed by atoms with Gasteiger partial charge in [0, 0.05) is 18.5 Å². The van der Waals surface area contributed by atoms with Crippen molar-refractivity contribution in [1.82, 2.24) is 10.6 Å². The van der Waals surface area contributed by atoms with E-state index in [4.69, 9.17) is 4.74 Å². The second-order valence-corrected chi connectivity index (χ2v) is 6.39. The van der Waals surface area contributed by atoms with E-state index in [0.29, 0.717) is 12.5 Å². The average molecular weight is 333 g/mol. The lowest BCUT2D eigenvalue weighted by atomic mass is 9.90. The molecule has 0 saturated heterocycles. The molecule has 0 bridgehead atoms. The molecule has 1 aromatic rings. The van der Waals surface area contributed by atoms with Gasteiger partial charge in [-0.15, -0.1) is 0 Å². The molecule has 24 heavy (non-hydrogen) atoms. The van der Waals surface area contributed by atoms with Crippen molar-refractivity contribution in [3.8, 4) is 5.75 Å². The minimum absolute atomic E-state index is 0.0980.